The van der Waals surface area contributed by atoms with Crippen LogP contribution in [0, 0.1) is 5.92 Å². The molecule has 0 aromatic heterocycles. The molecule has 4 rings (SSSR count). The Bertz CT molecular complexity index is 470. The second-order valence-electron chi connectivity index (χ2n) is 7.06. The number of piperidine rings is 1. The lowest BCUT2D eigenvalue weighted by molar-refractivity contribution is 0.180. The van der Waals surface area contributed by atoms with E-state index in [1.807, 2.05) is 0 Å². The third kappa shape index (κ3) is 2.46. The highest BCUT2D eigenvalue weighted by Crippen LogP contribution is 2.45. The Morgan fingerprint density at radius 2 is 2.15 bits per heavy atom. The summed E-state index contributed by atoms with van der Waals surface area (Å²) in [5.74, 6) is 1.92. The van der Waals surface area contributed by atoms with Crippen LogP contribution in [0.15, 0.2) is 24.3 Å². The van der Waals surface area contributed by atoms with Gasteiger partial charge in [-0.1, -0.05) is 18.6 Å². The molecule has 0 amide bonds. The summed E-state index contributed by atoms with van der Waals surface area (Å²) >= 11 is 0. The van der Waals surface area contributed by atoms with Gasteiger partial charge >= 0.3 is 0 Å². The van der Waals surface area contributed by atoms with Crippen molar-refractivity contribution in [1.29, 1.82) is 0 Å². The molecule has 20 heavy (non-hydrogen) atoms. The molecular weight excluding hydrogens is 246 g/mol. The molecule has 1 aliphatic heterocycles. The Balaban J connectivity index is 1.55. The van der Waals surface area contributed by atoms with Crippen LogP contribution in [0.25, 0.3) is 0 Å². The Morgan fingerprint density at radius 1 is 1.20 bits per heavy atom. The van der Waals surface area contributed by atoms with Crippen LogP contribution in [0.3, 0.4) is 0 Å². The molecule has 1 N–H and O–H groups in total. The first-order valence-electron chi connectivity index (χ1n) is 8.31. The molecule has 108 valence electrons. The molecule has 2 aliphatic carbocycles. The quantitative estimate of drug-likeness (QED) is 0.902. The van der Waals surface area contributed by atoms with Crippen molar-refractivity contribution < 1.29 is 4.74 Å². The predicted molar refractivity (Wildman–Crippen MR) is 81.2 cm³/mol. The van der Waals surface area contributed by atoms with E-state index in [0.29, 0.717) is 5.41 Å². The SMILES string of the molecule is c1cc(OCC2CC2)cc([C@@]23CCC[C@@H](C2)NCC3)c1. The predicted octanol–water partition coefficient (Wildman–Crippen LogP) is 3.65. The van der Waals surface area contributed by atoms with Crippen molar-refractivity contribution in [3.8, 4) is 5.75 Å². The molecule has 2 saturated carbocycles. The van der Waals surface area contributed by atoms with Gasteiger partial charge in [0, 0.05) is 6.04 Å². The third-order valence-corrected chi connectivity index (χ3v) is 5.51. The van der Waals surface area contributed by atoms with Gasteiger partial charge < -0.3 is 10.1 Å². The van der Waals surface area contributed by atoms with Crippen LogP contribution in [0.2, 0.25) is 0 Å². The molecule has 0 radical (unpaired) electrons. The van der Waals surface area contributed by atoms with E-state index >= 15 is 0 Å². The average Bonchev–Trinajstić information content (AvgIpc) is 3.30. The van der Waals surface area contributed by atoms with Crippen LogP contribution in [0.1, 0.15) is 50.5 Å². The maximum atomic E-state index is 5.98. The molecule has 0 spiro atoms. The van der Waals surface area contributed by atoms with Crippen molar-refractivity contribution >= 4 is 0 Å². The van der Waals surface area contributed by atoms with Gasteiger partial charge in [-0.3, -0.25) is 0 Å². The number of nitrogens with one attached hydrogen (secondary N) is 1. The molecule has 2 heteroatoms. The summed E-state index contributed by atoms with van der Waals surface area (Å²) < 4.78 is 5.98. The van der Waals surface area contributed by atoms with Gasteiger partial charge in [0.1, 0.15) is 5.75 Å². The first kappa shape index (κ1) is 12.7. The second-order valence-corrected chi connectivity index (χ2v) is 7.06. The number of hydrogen-bond acceptors (Lipinski definition) is 2. The van der Waals surface area contributed by atoms with E-state index in [0.717, 1.165) is 24.3 Å². The molecule has 1 heterocycles. The summed E-state index contributed by atoms with van der Waals surface area (Å²) in [4.78, 5) is 0. The zero-order chi connectivity index (χ0) is 13.4. The van der Waals surface area contributed by atoms with Gasteiger partial charge in [-0.25, -0.2) is 0 Å². The summed E-state index contributed by atoms with van der Waals surface area (Å²) in [5, 5.41) is 3.68. The monoisotopic (exact) mass is 271 g/mol. The van der Waals surface area contributed by atoms with Crippen molar-refractivity contribution in [2.24, 2.45) is 5.92 Å². The Morgan fingerprint density at radius 3 is 3.05 bits per heavy atom. The zero-order valence-corrected chi connectivity index (χ0v) is 12.2. The fourth-order valence-electron chi connectivity index (χ4n) is 4.10. The number of rotatable bonds is 4. The molecule has 2 bridgehead atoms. The second kappa shape index (κ2) is 5.07. The molecule has 1 aromatic rings. The maximum absolute atomic E-state index is 5.98. The highest BCUT2D eigenvalue weighted by Gasteiger charge is 2.40. The summed E-state index contributed by atoms with van der Waals surface area (Å²) in [6.07, 6.45) is 9.41. The highest BCUT2D eigenvalue weighted by molar-refractivity contribution is 5.35. The van der Waals surface area contributed by atoms with E-state index in [1.54, 1.807) is 0 Å². The molecule has 3 aliphatic rings. The first-order valence-corrected chi connectivity index (χ1v) is 8.31. The lowest BCUT2D eigenvalue weighted by Gasteiger charge is -2.46. The van der Waals surface area contributed by atoms with Crippen LogP contribution >= 0.6 is 0 Å². The largest absolute Gasteiger partial charge is 0.493 e. The lowest BCUT2D eigenvalue weighted by atomic mass is 9.64. The van der Waals surface area contributed by atoms with Gasteiger partial charge in [0.05, 0.1) is 6.61 Å². The number of ether oxygens (including phenoxy) is 1. The Hall–Kier alpha value is -1.02. The van der Waals surface area contributed by atoms with Crippen LogP contribution in [0.5, 0.6) is 5.75 Å². The fraction of sp³-hybridized carbons (Fsp3) is 0.667. The topological polar surface area (TPSA) is 21.3 Å². The van der Waals surface area contributed by atoms with Crippen molar-refractivity contribution in [3.05, 3.63) is 29.8 Å². The van der Waals surface area contributed by atoms with Gasteiger partial charge in [-0.15, -0.1) is 0 Å². The van der Waals surface area contributed by atoms with E-state index in [2.05, 4.69) is 29.6 Å². The molecule has 0 unspecified atom stereocenters. The minimum atomic E-state index is 0.424. The zero-order valence-electron chi connectivity index (χ0n) is 12.2. The number of fused-ring (bicyclic) bond motifs is 2. The minimum Gasteiger partial charge on any atom is -0.493 e. The van der Waals surface area contributed by atoms with Crippen molar-refractivity contribution in [2.75, 3.05) is 13.2 Å². The summed E-state index contributed by atoms with van der Waals surface area (Å²) in [6, 6.07) is 9.73. The average molecular weight is 271 g/mol. The van der Waals surface area contributed by atoms with Crippen molar-refractivity contribution in [2.45, 2.75) is 56.4 Å². The third-order valence-electron chi connectivity index (χ3n) is 5.51. The first-order chi connectivity index (χ1) is 9.84. The summed E-state index contributed by atoms with van der Waals surface area (Å²) in [6.45, 7) is 2.10. The highest BCUT2D eigenvalue weighted by atomic mass is 16.5. The van der Waals surface area contributed by atoms with Gasteiger partial charge in [0.25, 0.3) is 0 Å². The Labute approximate surface area is 121 Å². The van der Waals surface area contributed by atoms with Gasteiger partial charge in [-0.05, 0) is 74.1 Å². The minimum absolute atomic E-state index is 0.424. The molecule has 2 atom stereocenters. The van der Waals surface area contributed by atoms with E-state index in [9.17, 15) is 0 Å². The van der Waals surface area contributed by atoms with E-state index < -0.39 is 0 Å². The van der Waals surface area contributed by atoms with E-state index in [4.69, 9.17) is 4.74 Å². The van der Waals surface area contributed by atoms with Gasteiger partial charge in [0.2, 0.25) is 0 Å². The molecule has 1 saturated heterocycles. The van der Waals surface area contributed by atoms with Crippen LogP contribution < -0.4 is 10.1 Å². The van der Waals surface area contributed by atoms with Crippen LogP contribution in [-0.4, -0.2) is 19.2 Å². The normalized spacial score (nSPS) is 32.9. The van der Waals surface area contributed by atoms with Gasteiger partial charge in [-0.2, -0.15) is 0 Å². The Kier molecular flexibility index (Phi) is 3.22. The molecule has 2 nitrogen and oxygen atoms in total. The van der Waals surface area contributed by atoms with E-state index in [-0.39, 0.29) is 0 Å². The van der Waals surface area contributed by atoms with Crippen molar-refractivity contribution in [3.63, 3.8) is 0 Å². The standard InChI is InChI=1S/C18H25NO/c1-3-15(11-17(5-1)20-13-14-6-7-14)18-8-2-4-16(12-18)19-10-9-18/h1,3,5,11,14,16,19H,2,4,6-10,12-13H2/t16-,18+/m0/s1. The molecule has 1 aromatic carbocycles. The summed E-state index contributed by atoms with van der Waals surface area (Å²) in [5.41, 5.74) is 1.95. The van der Waals surface area contributed by atoms with E-state index in [1.165, 1.54) is 57.1 Å². The fourth-order valence-corrected chi connectivity index (χ4v) is 4.10. The van der Waals surface area contributed by atoms with Crippen LogP contribution in [0.4, 0.5) is 0 Å². The number of benzene rings is 1. The van der Waals surface area contributed by atoms with Gasteiger partial charge in [0.15, 0.2) is 0 Å². The molecular formula is C18H25NO. The summed E-state index contributed by atoms with van der Waals surface area (Å²) in [7, 11) is 0. The van der Waals surface area contributed by atoms with Crippen LogP contribution in [-0.2, 0) is 5.41 Å². The smallest absolute Gasteiger partial charge is 0.119 e. The maximum Gasteiger partial charge on any atom is 0.119 e. The lowest BCUT2D eigenvalue weighted by Crippen LogP contribution is -2.49. The molecule has 3 fully saturated rings. The van der Waals surface area contributed by atoms with Crippen molar-refractivity contribution in [1.82, 2.24) is 5.32 Å². The number of hydrogen-bond donors (Lipinski definition) is 1.